The van der Waals surface area contributed by atoms with Crippen LogP contribution in [0.5, 0.6) is 0 Å². The number of benzene rings is 2. The van der Waals surface area contributed by atoms with E-state index in [1.54, 1.807) is 0 Å². The van der Waals surface area contributed by atoms with E-state index in [0.717, 1.165) is 10.8 Å². The molecule has 30 heavy (non-hydrogen) atoms. The Balaban J connectivity index is 1.67. The third-order valence-corrected chi connectivity index (χ3v) is 6.54. The molecule has 1 aliphatic rings. The summed E-state index contributed by atoms with van der Waals surface area (Å²) in [5, 5.41) is 6.73. The molecule has 0 bridgehead atoms. The minimum Gasteiger partial charge on any atom is -0.352 e. The van der Waals surface area contributed by atoms with Crippen LogP contribution in [-0.2, 0) is 0 Å². The van der Waals surface area contributed by atoms with E-state index < -0.39 is 0 Å². The van der Waals surface area contributed by atoms with Gasteiger partial charge >= 0.3 is 0 Å². The molecule has 0 aliphatic carbocycles. The van der Waals surface area contributed by atoms with E-state index >= 15 is 0 Å². The lowest BCUT2D eigenvalue weighted by Crippen LogP contribution is -2.25. The van der Waals surface area contributed by atoms with Crippen molar-refractivity contribution in [1.29, 1.82) is 0 Å². The van der Waals surface area contributed by atoms with Crippen LogP contribution in [0.1, 0.15) is 34.7 Å². The lowest BCUT2D eigenvalue weighted by atomic mass is 9.97. The summed E-state index contributed by atoms with van der Waals surface area (Å²) in [5.41, 5.74) is 5.92. The highest BCUT2D eigenvalue weighted by Gasteiger charge is 2.39. The lowest BCUT2D eigenvalue weighted by molar-refractivity contribution is 0.367. The van der Waals surface area contributed by atoms with E-state index in [2.05, 4.69) is 95.3 Å². The highest BCUT2D eigenvalue weighted by molar-refractivity contribution is 7.80. The number of fused-ring (bicyclic) bond motifs is 1. The Bertz CT molecular complexity index is 1240. The summed E-state index contributed by atoms with van der Waals surface area (Å²) in [6.07, 6.45) is 1.84. The number of hydrogen-bond donors (Lipinski definition) is 1. The zero-order valence-electron chi connectivity index (χ0n) is 17.3. The van der Waals surface area contributed by atoms with Gasteiger partial charge in [0.1, 0.15) is 0 Å². The standard InChI is InChI=1S/C25H24N4S/c1-16-15-20(24-23(27-25(30)28(24)3)21-12-6-7-14-26-21)17(2)29(16)22-13-8-10-18-9-4-5-11-19(18)22/h4-15,23-24H,1-3H3,(H,27,30)/t23-,24+/m0/s1. The topological polar surface area (TPSA) is 33.1 Å². The number of hydrogen-bond acceptors (Lipinski definition) is 2. The molecular formula is C25H24N4S. The minimum atomic E-state index is 0.0187. The van der Waals surface area contributed by atoms with Crippen molar-refractivity contribution in [2.75, 3.05) is 7.05 Å². The molecule has 1 saturated heterocycles. The maximum atomic E-state index is 5.62. The van der Waals surface area contributed by atoms with Gasteiger partial charge in [0.2, 0.25) is 0 Å². The van der Waals surface area contributed by atoms with Crippen LogP contribution >= 0.6 is 12.2 Å². The van der Waals surface area contributed by atoms with Crippen LogP contribution in [0.15, 0.2) is 72.9 Å². The van der Waals surface area contributed by atoms with E-state index in [-0.39, 0.29) is 12.1 Å². The number of likely N-dealkylation sites (N-methyl/N-ethyl adjacent to an activating group) is 1. The molecule has 5 heteroatoms. The fraction of sp³-hybridized carbons (Fsp3) is 0.200. The van der Waals surface area contributed by atoms with Crippen molar-refractivity contribution >= 4 is 28.1 Å². The van der Waals surface area contributed by atoms with Crippen LogP contribution in [0.4, 0.5) is 0 Å². The van der Waals surface area contributed by atoms with Gasteiger partial charge in [0, 0.05) is 30.0 Å². The molecule has 1 fully saturated rings. The first-order chi connectivity index (χ1) is 14.6. The molecule has 1 N–H and O–H groups in total. The molecule has 4 aromatic rings. The smallest absolute Gasteiger partial charge is 0.169 e. The molecule has 3 heterocycles. The van der Waals surface area contributed by atoms with E-state index in [0.29, 0.717) is 0 Å². The van der Waals surface area contributed by atoms with Crippen LogP contribution in [0, 0.1) is 13.8 Å². The predicted molar refractivity (Wildman–Crippen MR) is 126 cm³/mol. The van der Waals surface area contributed by atoms with Gasteiger partial charge in [-0.25, -0.2) is 0 Å². The molecule has 4 nitrogen and oxygen atoms in total. The van der Waals surface area contributed by atoms with Gasteiger partial charge in [-0.05, 0) is 61.3 Å². The number of nitrogens with zero attached hydrogens (tertiary/aromatic N) is 3. The Labute approximate surface area is 182 Å². The van der Waals surface area contributed by atoms with Crippen molar-refractivity contribution in [1.82, 2.24) is 19.8 Å². The highest BCUT2D eigenvalue weighted by atomic mass is 32.1. The number of aromatic nitrogens is 2. The summed E-state index contributed by atoms with van der Waals surface area (Å²) in [6, 6.07) is 23.5. The third-order valence-electron chi connectivity index (χ3n) is 6.14. The van der Waals surface area contributed by atoms with E-state index in [4.69, 9.17) is 12.2 Å². The van der Waals surface area contributed by atoms with Gasteiger partial charge in [0.15, 0.2) is 5.11 Å². The Morgan fingerprint density at radius 3 is 2.53 bits per heavy atom. The van der Waals surface area contributed by atoms with Crippen LogP contribution in [0.25, 0.3) is 16.5 Å². The first-order valence-corrected chi connectivity index (χ1v) is 10.6. The van der Waals surface area contributed by atoms with E-state index in [1.807, 2.05) is 18.3 Å². The summed E-state index contributed by atoms with van der Waals surface area (Å²) in [7, 11) is 2.06. The van der Waals surface area contributed by atoms with Crippen molar-refractivity contribution in [3.05, 3.63) is 95.6 Å². The Morgan fingerprint density at radius 1 is 0.967 bits per heavy atom. The number of nitrogens with one attached hydrogen (secondary N) is 1. The second-order valence-electron chi connectivity index (χ2n) is 7.90. The Morgan fingerprint density at radius 2 is 1.73 bits per heavy atom. The first kappa shape index (κ1) is 18.8. The molecule has 2 atom stereocenters. The number of rotatable bonds is 3. The summed E-state index contributed by atoms with van der Waals surface area (Å²) in [6.45, 7) is 4.38. The summed E-state index contributed by atoms with van der Waals surface area (Å²) >= 11 is 5.62. The van der Waals surface area contributed by atoms with Gasteiger partial charge in [-0.1, -0.05) is 42.5 Å². The van der Waals surface area contributed by atoms with Crippen molar-refractivity contribution in [3.8, 4) is 5.69 Å². The Kier molecular flexibility index (Phi) is 4.55. The SMILES string of the molecule is Cc1cc([C@@H]2[C@H](c3ccccn3)NC(=S)N2C)c(C)n1-c1cccc2ccccc12. The van der Waals surface area contributed by atoms with Gasteiger partial charge in [0.25, 0.3) is 0 Å². The summed E-state index contributed by atoms with van der Waals surface area (Å²) < 4.78 is 2.36. The number of thiocarbonyl (C=S) groups is 1. The van der Waals surface area contributed by atoms with Gasteiger partial charge < -0.3 is 14.8 Å². The first-order valence-electron chi connectivity index (χ1n) is 10.2. The lowest BCUT2D eigenvalue weighted by Gasteiger charge is -2.24. The van der Waals surface area contributed by atoms with Crippen molar-refractivity contribution in [3.63, 3.8) is 0 Å². The summed E-state index contributed by atoms with van der Waals surface area (Å²) in [5.74, 6) is 0. The molecule has 5 rings (SSSR count). The summed E-state index contributed by atoms with van der Waals surface area (Å²) in [4.78, 5) is 6.76. The Hall–Kier alpha value is -3.18. The molecular weight excluding hydrogens is 388 g/mol. The molecule has 2 aromatic heterocycles. The quantitative estimate of drug-likeness (QED) is 0.466. The molecule has 0 amide bonds. The molecule has 2 aromatic carbocycles. The van der Waals surface area contributed by atoms with Gasteiger partial charge in [-0.3, -0.25) is 4.98 Å². The van der Waals surface area contributed by atoms with Gasteiger partial charge in [0.05, 0.1) is 23.5 Å². The van der Waals surface area contributed by atoms with Crippen molar-refractivity contribution in [2.45, 2.75) is 25.9 Å². The largest absolute Gasteiger partial charge is 0.352 e. The molecule has 0 radical (unpaired) electrons. The third kappa shape index (κ3) is 2.89. The van der Waals surface area contributed by atoms with Gasteiger partial charge in [-0.2, -0.15) is 0 Å². The van der Waals surface area contributed by atoms with Crippen LogP contribution in [0.2, 0.25) is 0 Å². The number of pyridine rings is 1. The van der Waals surface area contributed by atoms with Crippen molar-refractivity contribution in [2.24, 2.45) is 0 Å². The maximum Gasteiger partial charge on any atom is 0.169 e. The zero-order chi connectivity index (χ0) is 20.8. The minimum absolute atomic E-state index is 0.0187. The average Bonchev–Trinajstić information content (AvgIpc) is 3.23. The second-order valence-corrected chi connectivity index (χ2v) is 8.28. The fourth-order valence-corrected chi connectivity index (χ4v) is 4.95. The van der Waals surface area contributed by atoms with Crippen LogP contribution in [0.3, 0.4) is 0 Å². The van der Waals surface area contributed by atoms with Gasteiger partial charge in [-0.15, -0.1) is 0 Å². The molecule has 1 aliphatic heterocycles. The van der Waals surface area contributed by atoms with E-state index in [9.17, 15) is 0 Å². The molecule has 0 spiro atoms. The van der Waals surface area contributed by atoms with Crippen LogP contribution < -0.4 is 5.32 Å². The van der Waals surface area contributed by atoms with Crippen molar-refractivity contribution < 1.29 is 0 Å². The van der Waals surface area contributed by atoms with Crippen LogP contribution in [-0.4, -0.2) is 26.6 Å². The zero-order valence-corrected chi connectivity index (χ0v) is 18.1. The monoisotopic (exact) mass is 412 g/mol. The molecule has 150 valence electrons. The molecule has 0 saturated carbocycles. The highest BCUT2D eigenvalue weighted by Crippen LogP contribution is 2.40. The maximum absolute atomic E-state index is 5.62. The fourth-order valence-electron chi connectivity index (χ4n) is 4.71. The number of aryl methyl sites for hydroxylation is 1. The predicted octanol–water partition coefficient (Wildman–Crippen LogP) is 5.24. The molecule has 0 unspecified atom stereocenters. The normalized spacial score (nSPS) is 18.8. The second kappa shape index (κ2) is 7.26. The average molecular weight is 413 g/mol. The van der Waals surface area contributed by atoms with E-state index in [1.165, 1.54) is 33.4 Å².